The third kappa shape index (κ3) is 3.25. The van der Waals surface area contributed by atoms with E-state index in [4.69, 9.17) is 5.11 Å². The third-order valence-electron chi connectivity index (χ3n) is 2.08. The van der Waals surface area contributed by atoms with Gasteiger partial charge in [0.2, 0.25) is 5.82 Å². The van der Waals surface area contributed by atoms with Crippen LogP contribution in [0.15, 0.2) is 18.2 Å². The van der Waals surface area contributed by atoms with Gasteiger partial charge in [0, 0.05) is 24.8 Å². The molecule has 0 aliphatic heterocycles. The van der Waals surface area contributed by atoms with Crippen LogP contribution in [0.5, 0.6) is 0 Å². The zero-order valence-electron chi connectivity index (χ0n) is 8.65. The number of hydrogen-bond donors (Lipinski definition) is 2. The van der Waals surface area contributed by atoms with Crippen molar-refractivity contribution in [2.75, 3.05) is 13.2 Å². The molecule has 0 atom stereocenters. The Labute approximate surface area is 92.1 Å². The number of nitro groups is 1. The Bertz CT molecular complexity index is 371. The molecule has 16 heavy (non-hydrogen) atoms. The lowest BCUT2D eigenvalue weighted by Crippen LogP contribution is -2.16. The van der Waals surface area contributed by atoms with E-state index in [2.05, 4.69) is 5.32 Å². The minimum absolute atomic E-state index is 0.0599. The highest BCUT2D eigenvalue weighted by molar-refractivity contribution is 5.36. The molecule has 0 heterocycles. The van der Waals surface area contributed by atoms with Gasteiger partial charge in [0.25, 0.3) is 0 Å². The number of rotatable bonds is 6. The van der Waals surface area contributed by atoms with E-state index in [9.17, 15) is 14.5 Å². The Hall–Kier alpha value is -1.53. The van der Waals surface area contributed by atoms with Gasteiger partial charge in [0.1, 0.15) is 0 Å². The van der Waals surface area contributed by atoms with Gasteiger partial charge in [-0.25, -0.2) is 0 Å². The van der Waals surface area contributed by atoms with Crippen molar-refractivity contribution >= 4 is 5.69 Å². The second-order valence-electron chi connectivity index (χ2n) is 3.26. The Morgan fingerprint density at radius 3 is 2.88 bits per heavy atom. The number of hydrogen-bond acceptors (Lipinski definition) is 4. The molecule has 1 aromatic rings. The SMILES string of the molecule is O=[N+]([O-])c1cccc(CNCCCO)c1F. The van der Waals surface area contributed by atoms with Gasteiger partial charge in [0.15, 0.2) is 0 Å². The summed E-state index contributed by atoms with van der Waals surface area (Å²) in [4.78, 5) is 9.72. The van der Waals surface area contributed by atoms with Crippen molar-refractivity contribution < 1.29 is 14.4 Å². The topological polar surface area (TPSA) is 75.4 Å². The van der Waals surface area contributed by atoms with E-state index in [1.54, 1.807) is 0 Å². The van der Waals surface area contributed by atoms with Crippen LogP contribution in [0, 0.1) is 15.9 Å². The Kier molecular flexibility index (Phi) is 4.81. The lowest BCUT2D eigenvalue weighted by molar-refractivity contribution is -0.387. The van der Waals surface area contributed by atoms with E-state index in [0.717, 1.165) is 6.07 Å². The van der Waals surface area contributed by atoms with Crippen LogP contribution < -0.4 is 5.32 Å². The number of aliphatic hydroxyl groups excluding tert-OH is 1. The Balaban J connectivity index is 2.66. The molecule has 0 aliphatic rings. The van der Waals surface area contributed by atoms with Crippen LogP contribution in [0.4, 0.5) is 10.1 Å². The van der Waals surface area contributed by atoms with Crippen molar-refractivity contribution in [1.29, 1.82) is 0 Å². The van der Waals surface area contributed by atoms with Crippen LogP contribution in [0.1, 0.15) is 12.0 Å². The smallest absolute Gasteiger partial charge is 0.305 e. The van der Waals surface area contributed by atoms with Crippen molar-refractivity contribution in [3.63, 3.8) is 0 Å². The number of halogens is 1. The molecule has 5 nitrogen and oxygen atoms in total. The predicted molar refractivity (Wildman–Crippen MR) is 56.5 cm³/mol. The highest BCUT2D eigenvalue weighted by Gasteiger charge is 2.16. The maximum atomic E-state index is 13.5. The molecule has 1 rings (SSSR count). The molecule has 0 unspecified atom stereocenters. The standard InChI is InChI=1S/C10H13FN2O3/c11-10-8(7-12-5-2-6-14)3-1-4-9(10)13(15)16/h1,3-4,12,14H,2,5-7H2. The maximum absolute atomic E-state index is 13.5. The van der Waals surface area contributed by atoms with Gasteiger partial charge >= 0.3 is 5.69 Å². The fourth-order valence-electron chi connectivity index (χ4n) is 1.27. The van der Waals surface area contributed by atoms with Crippen molar-refractivity contribution in [3.8, 4) is 0 Å². The lowest BCUT2D eigenvalue weighted by Gasteiger charge is -2.05. The first kappa shape index (κ1) is 12.5. The third-order valence-corrected chi connectivity index (χ3v) is 2.08. The first-order chi connectivity index (χ1) is 7.66. The quantitative estimate of drug-likeness (QED) is 0.436. The number of benzene rings is 1. The molecule has 0 aliphatic carbocycles. The van der Waals surface area contributed by atoms with Gasteiger partial charge in [-0.2, -0.15) is 4.39 Å². The fourth-order valence-corrected chi connectivity index (χ4v) is 1.27. The Morgan fingerprint density at radius 1 is 1.50 bits per heavy atom. The van der Waals surface area contributed by atoms with Crippen LogP contribution in [0.3, 0.4) is 0 Å². The summed E-state index contributed by atoms with van der Waals surface area (Å²) < 4.78 is 13.5. The van der Waals surface area contributed by atoms with E-state index in [1.807, 2.05) is 0 Å². The van der Waals surface area contributed by atoms with Gasteiger partial charge in [-0.3, -0.25) is 10.1 Å². The maximum Gasteiger partial charge on any atom is 0.305 e. The first-order valence-electron chi connectivity index (χ1n) is 4.90. The van der Waals surface area contributed by atoms with Crippen LogP contribution in [0.2, 0.25) is 0 Å². The van der Waals surface area contributed by atoms with Gasteiger partial charge in [0.05, 0.1) is 4.92 Å². The van der Waals surface area contributed by atoms with Crippen LogP contribution in [-0.4, -0.2) is 23.2 Å². The molecule has 0 radical (unpaired) electrons. The molecular weight excluding hydrogens is 215 g/mol. The fraction of sp³-hybridized carbons (Fsp3) is 0.400. The molecule has 0 bridgehead atoms. The minimum atomic E-state index is -0.802. The van der Waals surface area contributed by atoms with E-state index >= 15 is 0 Å². The summed E-state index contributed by atoms with van der Waals surface area (Å²) in [5.74, 6) is -0.802. The van der Waals surface area contributed by atoms with Gasteiger partial charge in [-0.1, -0.05) is 12.1 Å². The zero-order valence-corrected chi connectivity index (χ0v) is 8.65. The summed E-state index contributed by atoms with van der Waals surface area (Å²) in [6.45, 7) is 0.816. The van der Waals surface area contributed by atoms with Crippen LogP contribution >= 0.6 is 0 Å². The summed E-state index contributed by atoms with van der Waals surface area (Å²) in [5.41, 5.74) is -0.256. The number of nitrogens with one attached hydrogen (secondary N) is 1. The minimum Gasteiger partial charge on any atom is -0.396 e. The molecular formula is C10H13FN2O3. The summed E-state index contributed by atoms with van der Waals surface area (Å²) in [6.07, 6.45) is 0.566. The van der Waals surface area contributed by atoms with Gasteiger partial charge in [-0.15, -0.1) is 0 Å². The largest absolute Gasteiger partial charge is 0.396 e. The molecule has 0 fully saturated rings. The number of aliphatic hydroxyl groups is 1. The molecule has 88 valence electrons. The lowest BCUT2D eigenvalue weighted by atomic mass is 10.2. The molecule has 6 heteroatoms. The van der Waals surface area contributed by atoms with Crippen molar-refractivity contribution in [2.45, 2.75) is 13.0 Å². The summed E-state index contributed by atoms with van der Waals surface area (Å²) in [5, 5.41) is 21.9. The van der Waals surface area contributed by atoms with Gasteiger partial charge < -0.3 is 10.4 Å². The second-order valence-corrected chi connectivity index (χ2v) is 3.26. The monoisotopic (exact) mass is 228 g/mol. The molecule has 0 saturated carbocycles. The summed E-state index contributed by atoms with van der Waals surface area (Å²) in [7, 11) is 0. The average molecular weight is 228 g/mol. The van der Waals surface area contributed by atoms with Gasteiger partial charge in [-0.05, 0) is 13.0 Å². The number of nitrogens with zero attached hydrogens (tertiary/aromatic N) is 1. The molecule has 2 N–H and O–H groups in total. The molecule has 0 spiro atoms. The predicted octanol–water partition coefficient (Wildman–Crippen LogP) is 1.21. The van der Waals surface area contributed by atoms with E-state index in [1.165, 1.54) is 12.1 Å². The molecule has 1 aromatic carbocycles. The normalized spacial score (nSPS) is 10.4. The van der Waals surface area contributed by atoms with Crippen molar-refractivity contribution in [3.05, 3.63) is 39.7 Å². The molecule has 0 amide bonds. The first-order valence-corrected chi connectivity index (χ1v) is 4.90. The van der Waals surface area contributed by atoms with E-state index in [0.29, 0.717) is 13.0 Å². The van der Waals surface area contributed by atoms with Crippen LogP contribution in [-0.2, 0) is 6.54 Å². The molecule has 0 aromatic heterocycles. The van der Waals surface area contributed by atoms with Crippen molar-refractivity contribution in [2.24, 2.45) is 0 Å². The van der Waals surface area contributed by atoms with Crippen LogP contribution in [0.25, 0.3) is 0 Å². The van der Waals surface area contributed by atoms with E-state index in [-0.39, 0.29) is 18.7 Å². The zero-order chi connectivity index (χ0) is 12.0. The highest BCUT2D eigenvalue weighted by atomic mass is 19.1. The average Bonchev–Trinajstić information content (AvgIpc) is 2.26. The van der Waals surface area contributed by atoms with Crippen molar-refractivity contribution in [1.82, 2.24) is 5.32 Å². The summed E-state index contributed by atoms with van der Waals surface area (Å²) in [6, 6.07) is 4.07. The number of nitro benzene ring substituents is 1. The highest BCUT2D eigenvalue weighted by Crippen LogP contribution is 2.19. The second kappa shape index (κ2) is 6.14. The molecule has 0 saturated heterocycles. The van der Waals surface area contributed by atoms with E-state index < -0.39 is 16.4 Å². The summed E-state index contributed by atoms with van der Waals surface area (Å²) >= 11 is 0. The Morgan fingerprint density at radius 2 is 2.25 bits per heavy atom.